The first-order valence-corrected chi connectivity index (χ1v) is 11.9. The van der Waals surface area contributed by atoms with Crippen LogP contribution in [-0.4, -0.2) is 35.5 Å². The summed E-state index contributed by atoms with van der Waals surface area (Å²) in [7, 11) is 2.75. The van der Waals surface area contributed by atoms with Crippen LogP contribution in [0, 0.1) is 13.8 Å². The number of hydrogen-bond acceptors (Lipinski definition) is 5. The summed E-state index contributed by atoms with van der Waals surface area (Å²) >= 11 is 1.65. The number of hydrogen-bond donors (Lipinski definition) is 0. The summed E-state index contributed by atoms with van der Waals surface area (Å²) in [6.45, 7) is 3.76. The SMILES string of the molecule is COC(=O)c1cc(-c2ccccc2)n(-n2c(-c3cc4ccccc4s3)cc(C(=O)OC)c2C)c1C. The number of nitrogens with zero attached hydrogens (tertiary/aromatic N) is 2. The lowest BCUT2D eigenvalue weighted by molar-refractivity contribution is 0.0590. The fourth-order valence-corrected chi connectivity index (χ4v) is 5.51. The van der Waals surface area contributed by atoms with Gasteiger partial charge in [-0.1, -0.05) is 48.5 Å². The lowest BCUT2D eigenvalue weighted by atomic mass is 10.1. The molecule has 3 heterocycles. The lowest BCUT2D eigenvalue weighted by Crippen LogP contribution is -2.17. The van der Waals surface area contributed by atoms with Crippen LogP contribution in [0.5, 0.6) is 0 Å². The van der Waals surface area contributed by atoms with E-state index < -0.39 is 11.9 Å². The van der Waals surface area contributed by atoms with Crippen LogP contribution in [0.1, 0.15) is 32.1 Å². The Balaban J connectivity index is 1.86. The molecule has 0 bridgehead atoms. The zero-order chi connectivity index (χ0) is 24.7. The first-order valence-electron chi connectivity index (χ1n) is 11.1. The Morgan fingerprint density at radius 3 is 1.86 bits per heavy atom. The Morgan fingerprint density at radius 1 is 0.714 bits per heavy atom. The highest BCUT2D eigenvalue weighted by Gasteiger charge is 2.26. The molecule has 0 aliphatic carbocycles. The molecule has 0 radical (unpaired) electrons. The molecule has 0 aliphatic heterocycles. The molecule has 0 aliphatic rings. The second-order valence-corrected chi connectivity index (χ2v) is 9.26. The summed E-state index contributed by atoms with van der Waals surface area (Å²) in [6.07, 6.45) is 0. The van der Waals surface area contributed by atoms with Crippen LogP contribution in [0.25, 0.3) is 31.9 Å². The molecule has 0 fully saturated rings. The fraction of sp³-hybridized carbons (Fsp3) is 0.143. The van der Waals surface area contributed by atoms with E-state index in [9.17, 15) is 9.59 Å². The molecule has 0 saturated carbocycles. The van der Waals surface area contributed by atoms with Gasteiger partial charge in [0.05, 0.1) is 53.0 Å². The summed E-state index contributed by atoms with van der Waals surface area (Å²) < 4.78 is 15.3. The Bertz CT molecular complexity index is 1540. The monoisotopic (exact) mass is 484 g/mol. The van der Waals surface area contributed by atoms with Gasteiger partial charge < -0.3 is 9.47 Å². The molecule has 0 amide bonds. The standard InChI is InChI=1S/C28H24N2O4S/c1-17-21(27(31)33-3)15-23(19-10-6-5-7-11-19)29(17)30-18(2)22(28(32)34-4)16-24(30)26-14-20-12-8-9-13-25(20)35-26/h5-16H,1-4H3. The van der Waals surface area contributed by atoms with Gasteiger partial charge in [-0.25, -0.2) is 9.59 Å². The Kier molecular flexibility index (Phi) is 5.78. The normalized spacial score (nSPS) is 11.1. The largest absolute Gasteiger partial charge is 0.465 e. The van der Waals surface area contributed by atoms with Gasteiger partial charge in [0, 0.05) is 10.3 Å². The van der Waals surface area contributed by atoms with E-state index in [2.05, 4.69) is 18.2 Å². The number of rotatable bonds is 5. The van der Waals surface area contributed by atoms with Gasteiger partial charge in [0.1, 0.15) is 0 Å². The zero-order valence-electron chi connectivity index (χ0n) is 19.9. The maximum atomic E-state index is 12.7. The van der Waals surface area contributed by atoms with E-state index in [-0.39, 0.29) is 0 Å². The number of thiophene rings is 1. The van der Waals surface area contributed by atoms with E-state index >= 15 is 0 Å². The second kappa shape index (κ2) is 8.92. The van der Waals surface area contributed by atoms with Gasteiger partial charge in [-0.2, -0.15) is 0 Å². The van der Waals surface area contributed by atoms with Crippen molar-refractivity contribution >= 4 is 33.4 Å². The van der Waals surface area contributed by atoms with Gasteiger partial charge in [0.25, 0.3) is 0 Å². The lowest BCUT2D eigenvalue weighted by Gasteiger charge is -2.19. The van der Waals surface area contributed by atoms with Gasteiger partial charge in [-0.05, 0) is 43.5 Å². The number of methoxy groups -OCH3 is 2. The third kappa shape index (κ3) is 3.74. The van der Waals surface area contributed by atoms with Gasteiger partial charge in [0.2, 0.25) is 0 Å². The van der Waals surface area contributed by atoms with Crippen molar-refractivity contribution in [2.75, 3.05) is 14.2 Å². The number of aromatic nitrogens is 2. The van der Waals surface area contributed by atoms with Crippen molar-refractivity contribution in [3.63, 3.8) is 0 Å². The molecule has 5 rings (SSSR count). The number of esters is 2. The zero-order valence-corrected chi connectivity index (χ0v) is 20.7. The fourth-order valence-electron chi connectivity index (χ4n) is 4.44. The molecule has 0 atom stereocenters. The third-order valence-corrected chi connectivity index (χ3v) is 7.33. The number of carbonyl (C=O) groups excluding carboxylic acids is 2. The van der Waals surface area contributed by atoms with Crippen molar-refractivity contribution in [2.45, 2.75) is 13.8 Å². The van der Waals surface area contributed by atoms with E-state index in [4.69, 9.17) is 9.47 Å². The highest BCUT2D eigenvalue weighted by Crippen LogP contribution is 2.38. The number of carbonyl (C=O) groups is 2. The Morgan fingerprint density at radius 2 is 1.26 bits per heavy atom. The molecule has 0 spiro atoms. The molecule has 6 nitrogen and oxygen atoms in total. The van der Waals surface area contributed by atoms with Crippen LogP contribution in [-0.2, 0) is 9.47 Å². The highest BCUT2D eigenvalue weighted by molar-refractivity contribution is 7.22. The van der Waals surface area contributed by atoms with Crippen LogP contribution < -0.4 is 0 Å². The summed E-state index contributed by atoms with van der Waals surface area (Å²) in [5, 5.41) is 1.13. The van der Waals surface area contributed by atoms with E-state index in [1.54, 1.807) is 11.3 Å². The molecular formula is C28H24N2O4S. The number of fused-ring (bicyclic) bond motifs is 1. The van der Waals surface area contributed by atoms with Gasteiger partial charge in [-0.15, -0.1) is 11.3 Å². The summed E-state index contributed by atoms with van der Waals surface area (Å²) in [5.41, 5.74) is 4.90. The number of ether oxygens (including phenoxy) is 2. The first kappa shape index (κ1) is 22.7. The minimum atomic E-state index is -0.417. The van der Waals surface area contributed by atoms with Crippen LogP contribution in [0.4, 0.5) is 0 Å². The summed E-state index contributed by atoms with van der Waals surface area (Å²) in [4.78, 5) is 26.4. The molecular weight excluding hydrogens is 460 g/mol. The van der Waals surface area contributed by atoms with E-state index in [1.165, 1.54) is 14.2 Å². The van der Waals surface area contributed by atoms with Crippen LogP contribution in [0.3, 0.4) is 0 Å². The number of benzene rings is 2. The predicted octanol–water partition coefficient (Wildman–Crippen LogP) is 6.34. The van der Waals surface area contributed by atoms with Crippen LogP contribution in [0.15, 0.2) is 72.8 Å². The first-order chi connectivity index (χ1) is 16.9. The average molecular weight is 485 g/mol. The van der Waals surface area contributed by atoms with Gasteiger partial charge >= 0.3 is 11.9 Å². The Hall–Kier alpha value is -4.10. The minimum Gasteiger partial charge on any atom is -0.465 e. The maximum Gasteiger partial charge on any atom is 0.339 e. The van der Waals surface area contributed by atoms with Crippen molar-refractivity contribution in [3.05, 3.63) is 95.3 Å². The molecule has 176 valence electrons. The average Bonchev–Trinajstić information content (AvgIpc) is 3.56. The smallest absolute Gasteiger partial charge is 0.339 e. The van der Waals surface area contributed by atoms with Gasteiger partial charge in [0.15, 0.2) is 0 Å². The highest BCUT2D eigenvalue weighted by atomic mass is 32.1. The third-order valence-electron chi connectivity index (χ3n) is 6.19. The molecule has 0 saturated heterocycles. The van der Waals surface area contributed by atoms with E-state index in [1.807, 2.05) is 77.8 Å². The maximum absolute atomic E-state index is 12.7. The quantitative estimate of drug-likeness (QED) is 0.273. The predicted molar refractivity (Wildman–Crippen MR) is 138 cm³/mol. The molecule has 0 unspecified atom stereocenters. The van der Waals surface area contributed by atoms with E-state index in [0.717, 1.165) is 31.9 Å². The second-order valence-electron chi connectivity index (χ2n) is 8.18. The topological polar surface area (TPSA) is 62.5 Å². The summed E-state index contributed by atoms with van der Waals surface area (Å²) in [6, 6.07) is 23.8. The van der Waals surface area contributed by atoms with E-state index in [0.29, 0.717) is 22.5 Å². The Labute approximate surface area is 206 Å². The van der Waals surface area contributed by atoms with Crippen LogP contribution in [0.2, 0.25) is 0 Å². The molecule has 35 heavy (non-hydrogen) atoms. The van der Waals surface area contributed by atoms with Crippen molar-refractivity contribution in [2.24, 2.45) is 0 Å². The van der Waals surface area contributed by atoms with Crippen molar-refractivity contribution in [1.82, 2.24) is 9.35 Å². The molecule has 2 aromatic carbocycles. The summed E-state index contributed by atoms with van der Waals surface area (Å²) in [5.74, 6) is -0.831. The molecule has 5 aromatic rings. The van der Waals surface area contributed by atoms with Crippen molar-refractivity contribution in [3.8, 4) is 21.8 Å². The molecule has 3 aromatic heterocycles. The minimum absolute atomic E-state index is 0.414. The van der Waals surface area contributed by atoms with Gasteiger partial charge in [-0.3, -0.25) is 9.35 Å². The van der Waals surface area contributed by atoms with Crippen molar-refractivity contribution < 1.29 is 19.1 Å². The van der Waals surface area contributed by atoms with Crippen LogP contribution >= 0.6 is 11.3 Å². The van der Waals surface area contributed by atoms with Crippen molar-refractivity contribution in [1.29, 1.82) is 0 Å². The molecule has 7 heteroatoms. The molecule has 0 N–H and O–H groups in total.